The van der Waals surface area contributed by atoms with Crippen molar-refractivity contribution in [3.05, 3.63) is 65.5 Å². The molecule has 0 aliphatic heterocycles. The van der Waals surface area contributed by atoms with Crippen molar-refractivity contribution in [3.8, 4) is 5.75 Å². The Bertz CT molecular complexity index is 568. The topological polar surface area (TPSA) is 18.5 Å². The lowest BCUT2D eigenvalue weighted by molar-refractivity contribution is 0.00379. The molecule has 106 valence electrons. The first-order valence-electron chi connectivity index (χ1n) is 6.65. The maximum absolute atomic E-state index is 14.0. The van der Waals surface area contributed by atoms with Gasteiger partial charge >= 0.3 is 0 Å². The molecule has 0 radical (unpaired) electrons. The quantitative estimate of drug-likeness (QED) is 0.816. The first-order chi connectivity index (χ1) is 9.61. The van der Waals surface area contributed by atoms with Crippen LogP contribution in [0.5, 0.6) is 5.75 Å². The van der Waals surface area contributed by atoms with Gasteiger partial charge in [-0.25, -0.2) is 4.39 Å². The van der Waals surface area contributed by atoms with E-state index in [1.807, 2.05) is 50.2 Å². The third kappa shape index (κ3) is 2.68. The van der Waals surface area contributed by atoms with Gasteiger partial charge in [0.05, 0.1) is 7.11 Å². The van der Waals surface area contributed by atoms with Gasteiger partial charge in [-0.15, -0.1) is 0 Å². The summed E-state index contributed by atoms with van der Waals surface area (Å²) in [5.74, 6) is -0.146. The van der Waals surface area contributed by atoms with Crippen LogP contribution in [-0.2, 0) is 10.3 Å². The fourth-order valence-corrected chi connectivity index (χ4v) is 2.34. The highest BCUT2D eigenvalue weighted by molar-refractivity contribution is 5.39. The first-order valence-corrected chi connectivity index (χ1v) is 6.65. The van der Waals surface area contributed by atoms with E-state index >= 15 is 0 Å². The van der Waals surface area contributed by atoms with Crippen molar-refractivity contribution in [3.63, 3.8) is 0 Å². The van der Waals surface area contributed by atoms with Crippen LogP contribution in [-0.4, -0.2) is 13.7 Å². The Morgan fingerprint density at radius 1 is 1.05 bits per heavy atom. The molecule has 20 heavy (non-hydrogen) atoms. The number of hydrogen-bond donors (Lipinski definition) is 0. The molecule has 2 aromatic rings. The minimum absolute atomic E-state index is 0.237. The molecule has 0 fully saturated rings. The third-order valence-corrected chi connectivity index (χ3v) is 3.46. The summed E-state index contributed by atoms with van der Waals surface area (Å²) < 4.78 is 24.8. The van der Waals surface area contributed by atoms with Crippen LogP contribution >= 0.6 is 0 Å². The minimum atomic E-state index is -0.677. The number of hydrogen-bond acceptors (Lipinski definition) is 2. The van der Waals surface area contributed by atoms with Crippen LogP contribution < -0.4 is 4.74 Å². The van der Waals surface area contributed by atoms with Gasteiger partial charge in [0.1, 0.15) is 5.60 Å². The summed E-state index contributed by atoms with van der Waals surface area (Å²) in [5, 5.41) is 0. The molecule has 0 aliphatic rings. The number of methoxy groups -OCH3 is 1. The molecule has 1 atom stereocenters. The highest BCUT2D eigenvalue weighted by Crippen LogP contribution is 2.35. The predicted octanol–water partition coefficient (Wildman–Crippen LogP) is 4.13. The van der Waals surface area contributed by atoms with Crippen molar-refractivity contribution in [2.75, 3.05) is 13.7 Å². The fourth-order valence-electron chi connectivity index (χ4n) is 2.34. The zero-order valence-electron chi connectivity index (χ0n) is 12.0. The molecule has 0 bridgehead atoms. The maximum Gasteiger partial charge on any atom is 0.165 e. The highest BCUT2D eigenvalue weighted by Gasteiger charge is 2.30. The summed E-state index contributed by atoms with van der Waals surface area (Å²) in [6.07, 6.45) is 0. The molecule has 2 aromatic carbocycles. The van der Waals surface area contributed by atoms with Gasteiger partial charge in [-0.05, 0) is 37.1 Å². The van der Waals surface area contributed by atoms with Crippen molar-refractivity contribution in [2.45, 2.75) is 19.4 Å². The van der Waals surface area contributed by atoms with Crippen molar-refractivity contribution in [1.82, 2.24) is 0 Å². The van der Waals surface area contributed by atoms with E-state index < -0.39 is 5.60 Å². The highest BCUT2D eigenvalue weighted by atomic mass is 19.1. The SMILES string of the molecule is CCOC(C)(c1ccccc1)c1ccc(OC)c(F)c1. The van der Waals surface area contributed by atoms with Gasteiger partial charge in [0.15, 0.2) is 11.6 Å². The van der Waals surface area contributed by atoms with Gasteiger partial charge in [-0.1, -0.05) is 36.4 Å². The van der Waals surface area contributed by atoms with Crippen LogP contribution in [0.3, 0.4) is 0 Å². The third-order valence-electron chi connectivity index (χ3n) is 3.46. The zero-order chi connectivity index (χ0) is 14.6. The molecule has 0 aromatic heterocycles. The number of halogens is 1. The summed E-state index contributed by atoms with van der Waals surface area (Å²) in [6.45, 7) is 4.42. The van der Waals surface area contributed by atoms with Gasteiger partial charge in [0.2, 0.25) is 0 Å². The van der Waals surface area contributed by atoms with E-state index in [1.54, 1.807) is 6.07 Å². The summed E-state index contributed by atoms with van der Waals surface area (Å²) in [4.78, 5) is 0. The predicted molar refractivity (Wildman–Crippen MR) is 77.5 cm³/mol. The van der Waals surface area contributed by atoms with E-state index in [9.17, 15) is 4.39 Å². The van der Waals surface area contributed by atoms with Gasteiger partial charge in [0.25, 0.3) is 0 Å². The molecule has 3 heteroatoms. The Balaban J connectivity index is 2.50. The molecule has 0 N–H and O–H groups in total. The Morgan fingerprint density at radius 3 is 2.30 bits per heavy atom. The van der Waals surface area contributed by atoms with E-state index in [4.69, 9.17) is 9.47 Å². The Kier molecular flexibility index (Phi) is 4.40. The molecule has 0 saturated heterocycles. The number of rotatable bonds is 5. The molecule has 0 heterocycles. The van der Waals surface area contributed by atoms with E-state index in [0.717, 1.165) is 11.1 Å². The summed E-state index contributed by atoms with van der Waals surface area (Å²) in [6, 6.07) is 14.8. The largest absolute Gasteiger partial charge is 0.494 e. The van der Waals surface area contributed by atoms with Crippen LogP contribution in [0.25, 0.3) is 0 Å². The first kappa shape index (κ1) is 14.5. The van der Waals surface area contributed by atoms with Crippen molar-refractivity contribution in [2.24, 2.45) is 0 Å². The fraction of sp³-hybridized carbons (Fsp3) is 0.294. The normalized spacial score (nSPS) is 13.8. The lowest BCUT2D eigenvalue weighted by Gasteiger charge is -2.31. The zero-order valence-corrected chi connectivity index (χ0v) is 12.0. The van der Waals surface area contributed by atoms with Gasteiger partial charge < -0.3 is 9.47 Å². The standard InChI is InChI=1S/C17H19FO2/c1-4-20-17(2,13-8-6-5-7-9-13)14-10-11-16(19-3)15(18)12-14/h5-12H,4H2,1-3H3. The van der Waals surface area contributed by atoms with Gasteiger partial charge in [-0.2, -0.15) is 0 Å². The Morgan fingerprint density at radius 2 is 1.75 bits per heavy atom. The lowest BCUT2D eigenvalue weighted by Crippen LogP contribution is -2.27. The second-order valence-electron chi connectivity index (χ2n) is 4.68. The van der Waals surface area contributed by atoms with Crippen molar-refractivity contribution in [1.29, 1.82) is 0 Å². The molecular formula is C17H19FO2. The molecule has 0 saturated carbocycles. The Hall–Kier alpha value is -1.87. The van der Waals surface area contributed by atoms with E-state index in [2.05, 4.69) is 0 Å². The molecule has 2 rings (SSSR count). The average molecular weight is 274 g/mol. The lowest BCUT2D eigenvalue weighted by atomic mass is 9.87. The molecule has 0 amide bonds. The summed E-state index contributed by atoms with van der Waals surface area (Å²) in [5.41, 5.74) is 1.08. The second-order valence-corrected chi connectivity index (χ2v) is 4.68. The molecule has 2 nitrogen and oxygen atoms in total. The molecular weight excluding hydrogens is 255 g/mol. The smallest absolute Gasteiger partial charge is 0.165 e. The summed E-state index contributed by atoms with van der Waals surface area (Å²) >= 11 is 0. The van der Waals surface area contributed by atoms with E-state index in [1.165, 1.54) is 13.2 Å². The second kappa shape index (κ2) is 6.06. The van der Waals surface area contributed by atoms with Gasteiger partial charge in [0, 0.05) is 6.61 Å². The maximum atomic E-state index is 14.0. The Labute approximate surface area is 119 Å². The van der Waals surface area contributed by atoms with Crippen LogP contribution in [0.1, 0.15) is 25.0 Å². The molecule has 0 aliphatic carbocycles. The molecule has 1 unspecified atom stereocenters. The number of benzene rings is 2. The van der Waals surface area contributed by atoms with E-state index in [0.29, 0.717) is 6.61 Å². The summed E-state index contributed by atoms with van der Waals surface area (Å²) in [7, 11) is 1.46. The molecule has 0 spiro atoms. The minimum Gasteiger partial charge on any atom is -0.494 e. The van der Waals surface area contributed by atoms with Crippen molar-refractivity contribution >= 4 is 0 Å². The van der Waals surface area contributed by atoms with Crippen LogP contribution in [0, 0.1) is 5.82 Å². The van der Waals surface area contributed by atoms with Crippen LogP contribution in [0.2, 0.25) is 0 Å². The van der Waals surface area contributed by atoms with Crippen LogP contribution in [0.4, 0.5) is 4.39 Å². The number of ether oxygens (including phenoxy) is 2. The van der Waals surface area contributed by atoms with Crippen molar-refractivity contribution < 1.29 is 13.9 Å². The average Bonchev–Trinajstić information content (AvgIpc) is 2.48. The van der Waals surface area contributed by atoms with E-state index in [-0.39, 0.29) is 11.6 Å². The van der Waals surface area contributed by atoms with Gasteiger partial charge in [-0.3, -0.25) is 0 Å². The monoisotopic (exact) mass is 274 g/mol. The van der Waals surface area contributed by atoms with Crippen LogP contribution in [0.15, 0.2) is 48.5 Å².